The van der Waals surface area contributed by atoms with Crippen molar-refractivity contribution in [3.63, 3.8) is 0 Å². The van der Waals surface area contributed by atoms with Gasteiger partial charge in [0.2, 0.25) is 5.91 Å². The van der Waals surface area contributed by atoms with E-state index in [0.29, 0.717) is 17.9 Å². The van der Waals surface area contributed by atoms with Crippen molar-refractivity contribution in [3.05, 3.63) is 58.7 Å². The number of fused-ring (bicyclic) bond motifs is 1. The minimum atomic E-state index is -0.0249. The molecule has 4 nitrogen and oxygen atoms in total. The molecule has 1 aliphatic heterocycles. The Labute approximate surface area is 189 Å². The number of rotatable bonds is 4. The van der Waals surface area contributed by atoms with Crippen molar-refractivity contribution in [1.29, 1.82) is 0 Å². The van der Waals surface area contributed by atoms with Gasteiger partial charge in [0.15, 0.2) is 0 Å². The molecule has 0 atom stereocenters. The molecule has 2 aromatic carbocycles. The molecule has 1 aliphatic carbocycles. The van der Waals surface area contributed by atoms with Gasteiger partial charge < -0.3 is 10.2 Å². The van der Waals surface area contributed by atoms with E-state index in [4.69, 9.17) is 0 Å². The number of hydrogen-bond donors (Lipinski definition) is 1. The molecule has 0 bridgehead atoms. The van der Waals surface area contributed by atoms with Crippen molar-refractivity contribution >= 4 is 29.3 Å². The zero-order chi connectivity index (χ0) is 21.8. The summed E-state index contributed by atoms with van der Waals surface area (Å²) < 4.78 is 0. The van der Waals surface area contributed by atoms with Crippen LogP contribution in [0.15, 0.2) is 41.3 Å². The Morgan fingerprint density at radius 2 is 1.77 bits per heavy atom. The fourth-order valence-electron chi connectivity index (χ4n) is 4.53. The average molecular weight is 437 g/mol. The van der Waals surface area contributed by atoms with Crippen LogP contribution in [0.4, 0.5) is 5.69 Å². The van der Waals surface area contributed by atoms with Gasteiger partial charge in [0.25, 0.3) is 5.91 Å². The lowest BCUT2D eigenvalue weighted by Gasteiger charge is -2.30. The summed E-state index contributed by atoms with van der Waals surface area (Å²) >= 11 is 1.56. The molecule has 2 aromatic rings. The van der Waals surface area contributed by atoms with E-state index >= 15 is 0 Å². The molecular formula is C26H32N2O2S. The van der Waals surface area contributed by atoms with Gasteiger partial charge in [-0.25, -0.2) is 0 Å². The van der Waals surface area contributed by atoms with Crippen molar-refractivity contribution in [2.24, 2.45) is 0 Å². The molecule has 1 saturated carbocycles. The Morgan fingerprint density at radius 1 is 1.03 bits per heavy atom. The SMILES string of the molecule is Cc1ccc(C)c(CN2C(=O)CSc3ccc(C(=O)NC4CCCCCCC4)cc32)c1. The monoisotopic (exact) mass is 436 g/mol. The molecule has 1 heterocycles. The van der Waals surface area contributed by atoms with Gasteiger partial charge in [-0.1, -0.05) is 55.9 Å². The molecule has 0 unspecified atom stereocenters. The fraction of sp³-hybridized carbons (Fsp3) is 0.462. The van der Waals surface area contributed by atoms with Crippen LogP contribution < -0.4 is 10.2 Å². The van der Waals surface area contributed by atoms with E-state index in [1.165, 1.54) is 43.2 Å². The number of anilines is 1. The highest BCUT2D eigenvalue weighted by molar-refractivity contribution is 8.00. The smallest absolute Gasteiger partial charge is 0.251 e. The van der Waals surface area contributed by atoms with E-state index in [2.05, 4.69) is 37.4 Å². The quantitative estimate of drug-likeness (QED) is 0.660. The molecule has 1 N–H and O–H groups in total. The van der Waals surface area contributed by atoms with Gasteiger partial charge in [0.05, 0.1) is 18.0 Å². The zero-order valence-corrected chi connectivity index (χ0v) is 19.4. The molecule has 5 heteroatoms. The Hall–Kier alpha value is -2.27. The number of nitrogens with zero attached hydrogens (tertiary/aromatic N) is 1. The van der Waals surface area contributed by atoms with Crippen LogP contribution in [-0.4, -0.2) is 23.6 Å². The van der Waals surface area contributed by atoms with Gasteiger partial charge in [-0.15, -0.1) is 11.8 Å². The minimum Gasteiger partial charge on any atom is -0.349 e. The summed E-state index contributed by atoms with van der Waals surface area (Å²) in [6, 6.07) is 12.4. The highest BCUT2D eigenvalue weighted by Crippen LogP contribution is 2.37. The number of thioether (sulfide) groups is 1. The second-order valence-corrected chi connectivity index (χ2v) is 9.91. The van der Waals surface area contributed by atoms with Crippen LogP contribution in [0, 0.1) is 13.8 Å². The Balaban J connectivity index is 1.55. The van der Waals surface area contributed by atoms with Crippen LogP contribution in [0.3, 0.4) is 0 Å². The van der Waals surface area contributed by atoms with E-state index in [1.54, 1.807) is 11.8 Å². The highest BCUT2D eigenvalue weighted by Gasteiger charge is 2.27. The lowest BCUT2D eigenvalue weighted by molar-refractivity contribution is -0.116. The maximum atomic E-state index is 13.0. The fourth-order valence-corrected chi connectivity index (χ4v) is 5.44. The lowest BCUT2D eigenvalue weighted by atomic mass is 9.96. The van der Waals surface area contributed by atoms with Crippen molar-refractivity contribution in [2.75, 3.05) is 10.7 Å². The standard InChI is InChI=1S/C26H32N2O2S/c1-18-10-11-19(2)21(14-18)16-28-23-15-20(12-13-24(23)31-17-25(28)29)26(30)27-22-8-6-4-3-5-7-9-22/h10-15,22H,3-9,16-17H2,1-2H3,(H,27,30). The molecule has 0 spiro atoms. The first-order valence-corrected chi connectivity index (χ1v) is 12.4. The molecule has 31 heavy (non-hydrogen) atoms. The van der Waals surface area contributed by atoms with Gasteiger partial charge in [-0.2, -0.15) is 0 Å². The van der Waals surface area contributed by atoms with Gasteiger partial charge in [-0.3, -0.25) is 9.59 Å². The third-order valence-corrected chi connectivity index (χ3v) is 7.49. The molecule has 2 aliphatic rings. The number of aryl methyl sites for hydroxylation is 2. The van der Waals surface area contributed by atoms with Crippen molar-refractivity contribution in [3.8, 4) is 0 Å². The maximum Gasteiger partial charge on any atom is 0.251 e. The zero-order valence-electron chi connectivity index (χ0n) is 18.6. The summed E-state index contributed by atoms with van der Waals surface area (Å²) in [5, 5.41) is 3.25. The normalized spacial score (nSPS) is 17.6. The van der Waals surface area contributed by atoms with Crippen LogP contribution in [-0.2, 0) is 11.3 Å². The summed E-state index contributed by atoms with van der Waals surface area (Å²) in [5.74, 6) is 0.505. The van der Waals surface area contributed by atoms with Gasteiger partial charge in [0.1, 0.15) is 0 Å². The van der Waals surface area contributed by atoms with Crippen LogP contribution in [0.1, 0.15) is 72.0 Å². The van der Waals surface area contributed by atoms with E-state index in [0.717, 1.165) is 29.0 Å². The average Bonchev–Trinajstić information content (AvgIpc) is 2.74. The number of carbonyl (C=O) groups excluding carboxylic acids is 2. The molecule has 4 rings (SSSR count). The summed E-state index contributed by atoms with van der Waals surface area (Å²) in [6.07, 6.45) is 8.32. The second kappa shape index (κ2) is 9.90. The van der Waals surface area contributed by atoms with Crippen LogP contribution in [0.25, 0.3) is 0 Å². The van der Waals surface area contributed by atoms with Gasteiger partial charge in [0, 0.05) is 16.5 Å². The first kappa shape index (κ1) is 21.9. The Morgan fingerprint density at radius 3 is 2.55 bits per heavy atom. The lowest BCUT2D eigenvalue weighted by Crippen LogP contribution is -2.37. The first-order chi connectivity index (χ1) is 15.0. The number of amides is 2. The Kier molecular flexibility index (Phi) is 7.01. The van der Waals surface area contributed by atoms with Crippen molar-refractivity contribution < 1.29 is 9.59 Å². The number of nitrogens with one attached hydrogen (secondary N) is 1. The number of hydrogen-bond acceptors (Lipinski definition) is 3. The van der Waals surface area contributed by atoms with E-state index in [1.807, 2.05) is 23.1 Å². The topological polar surface area (TPSA) is 49.4 Å². The van der Waals surface area contributed by atoms with E-state index in [9.17, 15) is 9.59 Å². The number of carbonyl (C=O) groups is 2. The second-order valence-electron chi connectivity index (χ2n) is 8.90. The van der Waals surface area contributed by atoms with Crippen LogP contribution in [0.5, 0.6) is 0 Å². The largest absolute Gasteiger partial charge is 0.349 e. The van der Waals surface area contributed by atoms with E-state index < -0.39 is 0 Å². The molecule has 0 radical (unpaired) electrons. The molecule has 0 aromatic heterocycles. The Bertz CT molecular complexity index is 964. The molecule has 164 valence electrons. The highest BCUT2D eigenvalue weighted by atomic mass is 32.2. The van der Waals surface area contributed by atoms with E-state index in [-0.39, 0.29) is 17.9 Å². The summed E-state index contributed by atoms with van der Waals surface area (Å²) in [5.41, 5.74) is 5.01. The predicted molar refractivity (Wildman–Crippen MR) is 128 cm³/mol. The van der Waals surface area contributed by atoms with Crippen molar-refractivity contribution in [1.82, 2.24) is 5.32 Å². The van der Waals surface area contributed by atoms with Crippen LogP contribution in [0.2, 0.25) is 0 Å². The van der Waals surface area contributed by atoms with Gasteiger partial charge in [-0.05, 0) is 56.0 Å². The van der Waals surface area contributed by atoms with Crippen LogP contribution >= 0.6 is 11.8 Å². The number of benzene rings is 2. The summed E-state index contributed by atoms with van der Waals surface area (Å²) in [4.78, 5) is 28.8. The summed E-state index contributed by atoms with van der Waals surface area (Å²) in [7, 11) is 0. The minimum absolute atomic E-state index is 0.0249. The third-order valence-electron chi connectivity index (χ3n) is 6.44. The predicted octanol–water partition coefficient (Wildman–Crippen LogP) is 5.79. The molecular weight excluding hydrogens is 404 g/mol. The third kappa shape index (κ3) is 5.32. The first-order valence-electron chi connectivity index (χ1n) is 11.5. The molecule has 0 saturated heterocycles. The molecule has 2 amide bonds. The van der Waals surface area contributed by atoms with Gasteiger partial charge >= 0.3 is 0 Å². The maximum absolute atomic E-state index is 13.0. The summed E-state index contributed by atoms with van der Waals surface area (Å²) in [6.45, 7) is 4.69. The molecule has 1 fully saturated rings. The van der Waals surface area contributed by atoms with Crippen molar-refractivity contribution in [2.45, 2.75) is 76.3 Å².